The maximum atomic E-state index is 12.4. The van der Waals surface area contributed by atoms with Crippen LogP contribution >= 0.6 is 0 Å². The lowest BCUT2D eigenvalue weighted by atomic mass is 10.1. The summed E-state index contributed by atoms with van der Waals surface area (Å²) in [5.41, 5.74) is 6.57. The molecule has 0 spiro atoms. The Hall–Kier alpha value is -3.28. The number of aryl methyl sites for hydroxylation is 2. The van der Waals surface area contributed by atoms with Crippen molar-refractivity contribution in [1.29, 1.82) is 0 Å². The van der Waals surface area contributed by atoms with Gasteiger partial charge < -0.3 is 9.73 Å². The van der Waals surface area contributed by atoms with Crippen LogP contribution in [0.3, 0.4) is 0 Å². The number of hydrogen-bond acceptors (Lipinski definition) is 5. The van der Waals surface area contributed by atoms with E-state index in [0.717, 1.165) is 39.1 Å². The first kappa shape index (κ1) is 16.2. The van der Waals surface area contributed by atoms with Gasteiger partial charge in [-0.05, 0) is 56.2 Å². The van der Waals surface area contributed by atoms with E-state index in [1.165, 1.54) is 6.39 Å². The molecule has 130 valence electrons. The highest BCUT2D eigenvalue weighted by Gasteiger charge is 2.09. The van der Waals surface area contributed by atoms with Gasteiger partial charge in [0, 0.05) is 12.1 Å². The van der Waals surface area contributed by atoms with Gasteiger partial charge in [-0.2, -0.15) is 0 Å². The number of hydrogen-bond donors (Lipinski definition) is 1. The molecule has 2 aromatic carbocycles. The molecule has 0 aliphatic heterocycles. The zero-order valence-corrected chi connectivity index (χ0v) is 14.6. The van der Waals surface area contributed by atoms with Crippen molar-refractivity contribution in [3.8, 4) is 0 Å². The Morgan fingerprint density at radius 1 is 1.00 bits per heavy atom. The summed E-state index contributed by atoms with van der Waals surface area (Å²) in [6.45, 7) is 4.38. The summed E-state index contributed by atoms with van der Waals surface area (Å²) in [7, 11) is 0. The average molecular weight is 346 g/mol. The first-order valence-corrected chi connectivity index (χ1v) is 8.45. The van der Waals surface area contributed by atoms with E-state index in [2.05, 4.69) is 20.3 Å². The molecule has 4 rings (SSSR count). The van der Waals surface area contributed by atoms with Crippen molar-refractivity contribution in [3.63, 3.8) is 0 Å². The van der Waals surface area contributed by atoms with Gasteiger partial charge in [0.2, 0.25) is 0 Å². The number of fused-ring (bicyclic) bond motifs is 2. The molecule has 0 saturated carbocycles. The Bertz CT molecular complexity index is 1120. The third kappa shape index (κ3) is 3.13. The first-order valence-electron chi connectivity index (χ1n) is 8.45. The third-order valence-electron chi connectivity index (χ3n) is 4.43. The van der Waals surface area contributed by atoms with Gasteiger partial charge in [-0.25, -0.2) is 15.0 Å². The lowest BCUT2D eigenvalue weighted by Gasteiger charge is -2.07. The molecule has 1 N–H and O–H groups in total. The van der Waals surface area contributed by atoms with E-state index in [1.807, 2.05) is 38.1 Å². The molecule has 0 bridgehead atoms. The number of oxazole rings is 1. The minimum Gasteiger partial charge on any atom is -0.443 e. The largest absolute Gasteiger partial charge is 0.443 e. The number of rotatable bonds is 4. The Balaban J connectivity index is 1.44. The molecule has 26 heavy (non-hydrogen) atoms. The molecule has 4 aromatic rings. The van der Waals surface area contributed by atoms with E-state index in [0.29, 0.717) is 18.5 Å². The van der Waals surface area contributed by atoms with Crippen LogP contribution in [0.5, 0.6) is 0 Å². The highest BCUT2D eigenvalue weighted by molar-refractivity contribution is 5.97. The number of carbonyl (C=O) groups excluding carboxylic acids is 1. The second-order valence-corrected chi connectivity index (χ2v) is 6.26. The number of carbonyl (C=O) groups is 1. The Kier molecular flexibility index (Phi) is 4.08. The molecule has 6 heteroatoms. The molecule has 0 fully saturated rings. The van der Waals surface area contributed by atoms with Gasteiger partial charge >= 0.3 is 0 Å². The van der Waals surface area contributed by atoms with Crippen molar-refractivity contribution in [3.05, 3.63) is 65.3 Å². The fraction of sp³-hybridized carbons (Fsp3) is 0.200. The van der Waals surface area contributed by atoms with E-state index >= 15 is 0 Å². The lowest BCUT2D eigenvalue weighted by molar-refractivity contribution is 0.0954. The molecule has 0 aliphatic rings. The summed E-state index contributed by atoms with van der Waals surface area (Å²) in [6.07, 6.45) is 2.15. The molecule has 0 radical (unpaired) electrons. The molecule has 0 saturated heterocycles. The maximum absolute atomic E-state index is 12.4. The van der Waals surface area contributed by atoms with E-state index < -0.39 is 0 Å². The van der Waals surface area contributed by atoms with Crippen LogP contribution < -0.4 is 5.32 Å². The molecule has 6 nitrogen and oxygen atoms in total. The molecule has 0 unspecified atom stereocenters. The van der Waals surface area contributed by atoms with Crippen LogP contribution in [-0.2, 0) is 6.42 Å². The number of nitrogens with zero attached hydrogens (tertiary/aromatic N) is 3. The van der Waals surface area contributed by atoms with E-state index in [1.54, 1.807) is 12.1 Å². The SMILES string of the molecule is Cc1nc2ccc(C(=O)NCCc3ccc4ncoc4c3)cc2nc1C. The van der Waals surface area contributed by atoms with Crippen LogP contribution in [0.1, 0.15) is 27.3 Å². The van der Waals surface area contributed by atoms with E-state index in [9.17, 15) is 4.79 Å². The summed E-state index contributed by atoms with van der Waals surface area (Å²) in [6, 6.07) is 11.3. The van der Waals surface area contributed by atoms with Gasteiger partial charge in [0.1, 0.15) is 5.52 Å². The summed E-state index contributed by atoms with van der Waals surface area (Å²) in [5.74, 6) is -0.118. The fourth-order valence-electron chi connectivity index (χ4n) is 2.85. The summed E-state index contributed by atoms with van der Waals surface area (Å²) in [4.78, 5) is 25.5. The number of amides is 1. The summed E-state index contributed by atoms with van der Waals surface area (Å²) < 4.78 is 5.30. The predicted molar refractivity (Wildman–Crippen MR) is 99.1 cm³/mol. The highest BCUT2D eigenvalue weighted by Crippen LogP contribution is 2.16. The smallest absolute Gasteiger partial charge is 0.251 e. The van der Waals surface area contributed by atoms with Gasteiger partial charge in [-0.15, -0.1) is 0 Å². The second-order valence-electron chi connectivity index (χ2n) is 6.26. The minimum atomic E-state index is -0.118. The van der Waals surface area contributed by atoms with Gasteiger partial charge in [-0.3, -0.25) is 4.79 Å². The van der Waals surface area contributed by atoms with Crippen LogP contribution in [0.15, 0.2) is 47.2 Å². The van der Waals surface area contributed by atoms with E-state index in [-0.39, 0.29) is 5.91 Å². The van der Waals surface area contributed by atoms with Crippen LogP contribution in [0, 0.1) is 13.8 Å². The summed E-state index contributed by atoms with van der Waals surface area (Å²) >= 11 is 0. The normalized spacial score (nSPS) is 11.2. The molecule has 2 aromatic heterocycles. The van der Waals surface area contributed by atoms with Crippen LogP contribution in [0.2, 0.25) is 0 Å². The fourth-order valence-corrected chi connectivity index (χ4v) is 2.85. The third-order valence-corrected chi connectivity index (χ3v) is 4.43. The zero-order valence-electron chi connectivity index (χ0n) is 14.6. The molecule has 2 heterocycles. The first-order chi connectivity index (χ1) is 12.6. The topological polar surface area (TPSA) is 80.9 Å². The molecule has 0 atom stereocenters. The highest BCUT2D eigenvalue weighted by atomic mass is 16.3. The molecular weight excluding hydrogens is 328 g/mol. The second kappa shape index (κ2) is 6.55. The zero-order chi connectivity index (χ0) is 18.1. The Morgan fingerprint density at radius 3 is 2.62 bits per heavy atom. The van der Waals surface area contributed by atoms with Crippen LogP contribution in [-0.4, -0.2) is 27.4 Å². The average Bonchev–Trinajstić information content (AvgIpc) is 3.10. The minimum absolute atomic E-state index is 0.118. The molecule has 0 aliphatic carbocycles. The monoisotopic (exact) mass is 346 g/mol. The van der Waals surface area contributed by atoms with Crippen LogP contribution in [0.4, 0.5) is 0 Å². The lowest BCUT2D eigenvalue weighted by Crippen LogP contribution is -2.25. The van der Waals surface area contributed by atoms with Crippen molar-refractivity contribution < 1.29 is 9.21 Å². The predicted octanol–water partition coefficient (Wildman–Crippen LogP) is 3.36. The van der Waals surface area contributed by atoms with Crippen molar-refractivity contribution in [2.24, 2.45) is 0 Å². The van der Waals surface area contributed by atoms with Crippen molar-refractivity contribution in [1.82, 2.24) is 20.3 Å². The number of benzene rings is 2. The van der Waals surface area contributed by atoms with Gasteiger partial charge in [0.15, 0.2) is 12.0 Å². The van der Waals surface area contributed by atoms with Crippen molar-refractivity contribution >= 4 is 28.0 Å². The van der Waals surface area contributed by atoms with E-state index in [4.69, 9.17) is 4.42 Å². The maximum Gasteiger partial charge on any atom is 0.251 e. The van der Waals surface area contributed by atoms with Crippen molar-refractivity contribution in [2.75, 3.05) is 6.54 Å². The van der Waals surface area contributed by atoms with Crippen LogP contribution in [0.25, 0.3) is 22.1 Å². The Morgan fingerprint density at radius 2 is 1.77 bits per heavy atom. The van der Waals surface area contributed by atoms with Gasteiger partial charge in [0.25, 0.3) is 5.91 Å². The number of nitrogens with one attached hydrogen (secondary N) is 1. The number of aromatic nitrogens is 3. The van der Waals surface area contributed by atoms with Crippen molar-refractivity contribution in [2.45, 2.75) is 20.3 Å². The standard InChI is InChI=1S/C20H18N4O2/c1-12-13(2)24-18-10-15(4-6-16(18)23-12)20(25)21-8-7-14-3-5-17-19(9-14)26-11-22-17/h3-6,9-11H,7-8H2,1-2H3,(H,21,25). The van der Waals surface area contributed by atoms with Gasteiger partial charge in [0.05, 0.1) is 22.4 Å². The molecule has 1 amide bonds. The van der Waals surface area contributed by atoms with Gasteiger partial charge in [-0.1, -0.05) is 6.07 Å². The Labute approximate surface area is 150 Å². The molecular formula is C20H18N4O2. The summed E-state index contributed by atoms with van der Waals surface area (Å²) in [5, 5.41) is 2.95. The quantitative estimate of drug-likeness (QED) is 0.613.